The number of likely N-dealkylation sites (tertiary alicyclic amines) is 1. The molecule has 3 rings (SSSR count). The Morgan fingerprint density at radius 3 is 2.70 bits per heavy atom. The molecule has 1 aromatic carbocycles. The summed E-state index contributed by atoms with van der Waals surface area (Å²) in [6, 6.07) is 7.37. The average molecular weight is 292 g/mol. The first-order valence-corrected chi connectivity index (χ1v) is 7.86. The highest BCUT2D eigenvalue weighted by molar-refractivity contribution is 6.31. The lowest BCUT2D eigenvalue weighted by Crippen LogP contribution is -2.45. The second kappa shape index (κ2) is 5.38. The number of rotatable bonds is 2. The lowest BCUT2D eigenvalue weighted by molar-refractivity contribution is 0.0590. The lowest BCUT2D eigenvalue weighted by Gasteiger charge is -2.42. The normalized spacial score (nSPS) is 26.0. The van der Waals surface area contributed by atoms with Crippen LogP contribution in [0.3, 0.4) is 0 Å². The summed E-state index contributed by atoms with van der Waals surface area (Å²) in [5, 5.41) is 0.750. The topological polar surface area (TPSA) is 31.9 Å². The van der Waals surface area contributed by atoms with Crippen molar-refractivity contribution in [1.82, 2.24) is 14.9 Å². The number of hydrogen-bond donors (Lipinski definition) is 1. The molecule has 1 saturated heterocycles. The summed E-state index contributed by atoms with van der Waals surface area (Å²) in [5.41, 5.74) is 2.02. The Kier molecular flexibility index (Phi) is 3.74. The summed E-state index contributed by atoms with van der Waals surface area (Å²) < 4.78 is 0. The van der Waals surface area contributed by atoms with Crippen LogP contribution in [0, 0.1) is 0 Å². The number of piperidine rings is 1. The van der Waals surface area contributed by atoms with Gasteiger partial charge < -0.3 is 4.98 Å². The van der Waals surface area contributed by atoms with Gasteiger partial charge in [0.15, 0.2) is 0 Å². The zero-order valence-corrected chi connectivity index (χ0v) is 13.1. The number of benzene rings is 1. The van der Waals surface area contributed by atoms with E-state index in [1.54, 1.807) is 0 Å². The average Bonchev–Trinajstić information content (AvgIpc) is 2.81. The van der Waals surface area contributed by atoms with E-state index in [-0.39, 0.29) is 0 Å². The second-order valence-corrected chi connectivity index (χ2v) is 6.47. The molecule has 1 aliphatic rings. The minimum Gasteiger partial charge on any atom is -0.341 e. The molecule has 0 amide bonds. The van der Waals surface area contributed by atoms with Crippen molar-refractivity contribution in [2.45, 2.75) is 58.2 Å². The van der Waals surface area contributed by atoms with Crippen LogP contribution < -0.4 is 0 Å². The third-order valence-corrected chi connectivity index (χ3v) is 4.80. The number of hydrogen-bond acceptors (Lipinski definition) is 2. The maximum Gasteiger partial charge on any atom is 0.124 e. The number of fused-ring (bicyclic) bond motifs is 1. The number of nitrogens with one attached hydrogen (secondary N) is 1. The van der Waals surface area contributed by atoms with E-state index in [1.165, 1.54) is 19.3 Å². The Morgan fingerprint density at radius 1 is 1.30 bits per heavy atom. The Balaban J connectivity index is 1.93. The van der Waals surface area contributed by atoms with Crippen LogP contribution in [0.15, 0.2) is 18.2 Å². The van der Waals surface area contributed by atoms with Crippen LogP contribution in [0.1, 0.15) is 51.9 Å². The molecule has 0 aliphatic carbocycles. The molecule has 3 unspecified atom stereocenters. The van der Waals surface area contributed by atoms with Crippen molar-refractivity contribution in [3.8, 4) is 0 Å². The van der Waals surface area contributed by atoms with Crippen molar-refractivity contribution in [2.24, 2.45) is 0 Å². The van der Waals surface area contributed by atoms with Crippen molar-refractivity contribution in [1.29, 1.82) is 0 Å². The Bertz CT molecular complexity index is 597. The van der Waals surface area contributed by atoms with Gasteiger partial charge in [-0.15, -0.1) is 0 Å². The van der Waals surface area contributed by atoms with E-state index in [4.69, 9.17) is 16.6 Å². The van der Waals surface area contributed by atoms with Gasteiger partial charge in [-0.3, -0.25) is 4.90 Å². The summed E-state index contributed by atoms with van der Waals surface area (Å²) in [6.07, 6.45) is 3.89. The number of nitrogens with zero attached hydrogens (tertiary/aromatic N) is 2. The number of H-pyrrole nitrogens is 1. The van der Waals surface area contributed by atoms with Gasteiger partial charge in [-0.2, -0.15) is 0 Å². The van der Waals surface area contributed by atoms with Crippen LogP contribution in [0.2, 0.25) is 5.02 Å². The van der Waals surface area contributed by atoms with Crippen molar-refractivity contribution < 1.29 is 0 Å². The molecular formula is C16H22ClN3. The van der Waals surface area contributed by atoms with Crippen LogP contribution in [0.4, 0.5) is 0 Å². The predicted molar refractivity (Wildman–Crippen MR) is 84.1 cm³/mol. The zero-order valence-electron chi connectivity index (χ0n) is 12.4. The molecule has 0 radical (unpaired) electrons. The summed E-state index contributed by atoms with van der Waals surface area (Å²) in [5.74, 6) is 1.04. The lowest BCUT2D eigenvalue weighted by atomic mass is 9.95. The highest BCUT2D eigenvalue weighted by atomic mass is 35.5. The largest absolute Gasteiger partial charge is 0.341 e. The Morgan fingerprint density at radius 2 is 2.00 bits per heavy atom. The van der Waals surface area contributed by atoms with Gasteiger partial charge in [-0.25, -0.2) is 4.98 Å². The molecular weight excluding hydrogens is 270 g/mol. The van der Waals surface area contributed by atoms with Crippen molar-refractivity contribution in [3.05, 3.63) is 29.0 Å². The van der Waals surface area contributed by atoms with Gasteiger partial charge in [0, 0.05) is 17.1 Å². The first-order chi connectivity index (χ1) is 9.56. The fraction of sp³-hybridized carbons (Fsp3) is 0.562. The minimum absolute atomic E-state index is 0.312. The van der Waals surface area contributed by atoms with E-state index in [0.29, 0.717) is 18.1 Å². The van der Waals surface area contributed by atoms with Gasteiger partial charge in [0.1, 0.15) is 5.82 Å². The van der Waals surface area contributed by atoms with Crippen LogP contribution >= 0.6 is 11.6 Å². The molecule has 1 aliphatic heterocycles. The molecule has 108 valence electrons. The summed E-state index contributed by atoms with van der Waals surface area (Å²) >= 11 is 6.04. The highest BCUT2D eigenvalue weighted by Crippen LogP contribution is 2.32. The number of imidazole rings is 1. The smallest absolute Gasteiger partial charge is 0.124 e. The quantitative estimate of drug-likeness (QED) is 0.881. The van der Waals surface area contributed by atoms with Crippen LogP contribution in [0.5, 0.6) is 0 Å². The van der Waals surface area contributed by atoms with E-state index >= 15 is 0 Å². The van der Waals surface area contributed by atoms with Gasteiger partial charge >= 0.3 is 0 Å². The molecule has 0 saturated carbocycles. The third kappa shape index (κ3) is 2.45. The van der Waals surface area contributed by atoms with E-state index in [9.17, 15) is 0 Å². The summed E-state index contributed by atoms with van der Waals surface area (Å²) in [7, 11) is 0. The van der Waals surface area contributed by atoms with Crippen molar-refractivity contribution >= 4 is 22.6 Å². The van der Waals surface area contributed by atoms with Gasteiger partial charge in [-0.1, -0.05) is 18.0 Å². The molecule has 0 bridgehead atoms. The van der Waals surface area contributed by atoms with Crippen LogP contribution in [0.25, 0.3) is 11.0 Å². The number of aromatic amines is 1. The maximum absolute atomic E-state index is 6.04. The van der Waals surface area contributed by atoms with Crippen LogP contribution in [-0.4, -0.2) is 27.0 Å². The molecule has 3 nitrogen and oxygen atoms in total. The third-order valence-electron chi connectivity index (χ3n) is 4.57. The van der Waals surface area contributed by atoms with Gasteiger partial charge in [-0.05, 0) is 51.8 Å². The second-order valence-electron chi connectivity index (χ2n) is 6.04. The molecule has 0 spiro atoms. The monoisotopic (exact) mass is 291 g/mol. The number of aromatic nitrogens is 2. The first kappa shape index (κ1) is 13.9. The molecule has 3 atom stereocenters. The molecule has 1 fully saturated rings. The molecule has 4 heteroatoms. The van der Waals surface area contributed by atoms with Crippen LogP contribution in [-0.2, 0) is 0 Å². The fourth-order valence-electron chi connectivity index (χ4n) is 3.55. The maximum atomic E-state index is 6.04. The Hall–Kier alpha value is -1.06. The summed E-state index contributed by atoms with van der Waals surface area (Å²) in [4.78, 5) is 10.8. The van der Waals surface area contributed by atoms with E-state index in [0.717, 1.165) is 21.9 Å². The SMILES string of the molecule is CC1CCCC(C)N1C(C)c1nc2ccc(Cl)cc2[nH]1. The fourth-order valence-corrected chi connectivity index (χ4v) is 3.72. The first-order valence-electron chi connectivity index (χ1n) is 7.49. The standard InChI is InChI=1S/C16H22ClN3/c1-10-5-4-6-11(2)20(10)12(3)16-18-14-8-7-13(17)9-15(14)19-16/h7-12H,4-6H2,1-3H3,(H,18,19). The predicted octanol–water partition coefficient (Wildman–Crippen LogP) is 4.54. The van der Waals surface area contributed by atoms with Gasteiger partial charge in [0.2, 0.25) is 0 Å². The number of halogens is 1. The minimum atomic E-state index is 0.312. The van der Waals surface area contributed by atoms with Crippen molar-refractivity contribution in [2.75, 3.05) is 0 Å². The molecule has 1 N–H and O–H groups in total. The van der Waals surface area contributed by atoms with Gasteiger partial charge in [0.25, 0.3) is 0 Å². The van der Waals surface area contributed by atoms with E-state index in [1.807, 2.05) is 18.2 Å². The van der Waals surface area contributed by atoms with Crippen molar-refractivity contribution in [3.63, 3.8) is 0 Å². The van der Waals surface area contributed by atoms with E-state index < -0.39 is 0 Å². The molecule has 2 aromatic rings. The highest BCUT2D eigenvalue weighted by Gasteiger charge is 2.30. The zero-order chi connectivity index (χ0) is 14.3. The van der Waals surface area contributed by atoms with Gasteiger partial charge in [0.05, 0.1) is 17.1 Å². The molecule has 2 heterocycles. The Labute approximate surface area is 125 Å². The summed E-state index contributed by atoms with van der Waals surface area (Å²) in [6.45, 7) is 6.90. The molecule has 1 aromatic heterocycles. The molecule has 20 heavy (non-hydrogen) atoms. The van der Waals surface area contributed by atoms with E-state index in [2.05, 4.69) is 30.7 Å².